The zero-order valence-corrected chi connectivity index (χ0v) is 10.1. The van der Waals surface area contributed by atoms with Crippen LogP contribution in [0.2, 0.25) is 9.63 Å². The Morgan fingerprint density at radius 1 is 0.909 bits per heavy atom. The Hall–Kier alpha value is 0.519. The van der Waals surface area contributed by atoms with Gasteiger partial charge in [0.05, 0.1) is 0 Å². The van der Waals surface area contributed by atoms with Gasteiger partial charge in [-0.2, -0.15) is 0 Å². The summed E-state index contributed by atoms with van der Waals surface area (Å²) in [7, 11) is 0. The summed E-state index contributed by atoms with van der Waals surface area (Å²) in [5, 5.41) is 0. The normalized spacial score (nSPS) is 16.4. The molecule has 0 N–H and O–H groups in total. The molecule has 0 nitrogen and oxygen atoms in total. The molecule has 2 unspecified atom stereocenters. The van der Waals surface area contributed by atoms with Crippen molar-refractivity contribution in [1.29, 1.82) is 0 Å². The summed E-state index contributed by atoms with van der Waals surface area (Å²) in [5.74, 6) is 0. The summed E-state index contributed by atoms with van der Waals surface area (Å²) in [4.78, 5) is 2.02. The minimum absolute atomic E-state index is 0.895. The average molecular weight is 221 g/mol. The van der Waals surface area contributed by atoms with E-state index < -0.39 is 0 Å². The van der Waals surface area contributed by atoms with E-state index >= 15 is 0 Å². The van der Waals surface area contributed by atoms with Crippen LogP contribution in [0.15, 0.2) is 0 Å². The molecule has 0 spiro atoms. The second-order valence-electron chi connectivity index (χ2n) is 3.33. The van der Waals surface area contributed by atoms with Crippen molar-refractivity contribution in [3.05, 3.63) is 0 Å². The van der Waals surface area contributed by atoms with Crippen LogP contribution in [0, 0.1) is 0 Å². The van der Waals surface area contributed by atoms with Crippen LogP contribution in [-0.4, -0.2) is 15.0 Å². The van der Waals surface area contributed by atoms with Crippen molar-refractivity contribution in [2.24, 2.45) is 0 Å². The van der Waals surface area contributed by atoms with Gasteiger partial charge in [-0.25, -0.2) is 0 Å². The van der Waals surface area contributed by atoms with Crippen LogP contribution in [0.25, 0.3) is 0 Å². The number of hydrogen-bond acceptors (Lipinski definition) is 0. The van der Waals surface area contributed by atoms with Crippen LogP contribution >= 0.6 is 0 Å². The molecule has 0 radical (unpaired) electrons. The van der Waals surface area contributed by atoms with Gasteiger partial charge >= 0.3 is 78.0 Å². The third-order valence-electron chi connectivity index (χ3n) is 1.86. The second-order valence-corrected chi connectivity index (χ2v) is 7.28. The fraction of sp³-hybridized carbons (Fsp3) is 1.00. The van der Waals surface area contributed by atoms with Crippen LogP contribution in [0.4, 0.5) is 0 Å². The Morgan fingerprint density at radius 2 is 1.27 bits per heavy atom. The van der Waals surface area contributed by atoms with E-state index in [-0.39, 0.29) is 0 Å². The SMILES string of the molecule is CCCC(C)[Se]C(C)CCC. The predicted octanol–water partition coefficient (Wildman–Crippen LogP) is 3.91. The van der Waals surface area contributed by atoms with Crippen molar-refractivity contribution in [1.82, 2.24) is 0 Å². The zero-order chi connectivity index (χ0) is 8.69. The van der Waals surface area contributed by atoms with Gasteiger partial charge in [0, 0.05) is 0 Å². The van der Waals surface area contributed by atoms with Crippen LogP contribution in [0.5, 0.6) is 0 Å². The summed E-state index contributed by atoms with van der Waals surface area (Å²) in [5.41, 5.74) is 0. The van der Waals surface area contributed by atoms with Crippen molar-refractivity contribution in [2.45, 2.75) is 63.0 Å². The van der Waals surface area contributed by atoms with Crippen molar-refractivity contribution >= 4 is 15.0 Å². The maximum absolute atomic E-state index is 2.41. The molecule has 0 aromatic rings. The molecule has 0 heterocycles. The third kappa shape index (κ3) is 6.90. The van der Waals surface area contributed by atoms with Crippen molar-refractivity contribution in [2.75, 3.05) is 0 Å². The van der Waals surface area contributed by atoms with Crippen LogP contribution in [-0.2, 0) is 0 Å². The van der Waals surface area contributed by atoms with Crippen molar-refractivity contribution in [3.63, 3.8) is 0 Å². The van der Waals surface area contributed by atoms with Gasteiger partial charge in [0.25, 0.3) is 0 Å². The Morgan fingerprint density at radius 3 is 1.55 bits per heavy atom. The van der Waals surface area contributed by atoms with Gasteiger partial charge in [-0.1, -0.05) is 0 Å². The molecular weight excluding hydrogens is 199 g/mol. The van der Waals surface area contributed by atoms with E-state index in [1.54, 1.807) is 0 Å². The summed E-state index contributed by atoms with van der Waals surface area (Å²) < 4.78 is 0. The standard InChI is InChI=1S/C10H22Se/c1-5-7-9(3)11-10(4)8-6-2/h9-10H,5-8H2,1-4H3. The molecule has 0 aliphatic carbocycles. The average Bonchev–Trinajstić information content (AvgIpc) is 1.87. The van der Waals surface area contributed by atoms with Crippen LogP contribution < -0.4 is 0 Å². The molecule has 0 saturated heterocycles. The molecule has 0 rings (SSSR count). The first-order valence-electron chi connectivity index (χ1n) is 4.86. The molecule has 0 aromatic heterocycles. The summed E-state index contributed by atoms with van der Waals surface area (Å²) in [6.45, 7) is 9.40. The summed E-state index contributed by atoms with van der Waals surface area (Å²) in [6, 6.07) is 0. The van der Waals surface area contributed by atoms with Crippen molar-refractivity contribution in [3.8, 4) is 0 Å². The molecule has 68 valence electrons. The van der Waals surface area contributed by atoms with E-state index in [1.165, 1.54) is 25.7 Å². The molecule has 11 heavy (non-hydrogen) atoms. The van der Waals surface area contributed by atoms with E-state index in [0.717, 1.165) is 24.6 Å². The Bertz CT molecular complexity index is 70.9. The second kappa shape index (κ2) is 7.18. The predicted molar refractivity (Wildman–Crippen MR) is 54.4 cm³/mol. The van der Waals surface area contributed by atoms with Gasteiger partial charge in [0.2, 0.25) is 0 Å². The van der Waals surface area contributed by atoms with E-state index in [4.69, 9.17) is 0 Å². The molecule has 0 fully saturated rings. The van der Waals surface area contributed by atoms with E-state index in [2.05, 4.69) is 27.7 Å². The van der Waals surface area contributed by atoms with Gasteiger partial charge in [-0.15, -0.1) is 0 Å². The minimum atomic E-state index is 0.895. The molecule has 0 bridgehead atoms. The molecule has 0 aromatic carbocycles. The zero-order valence-electron chi connectivity index (χ0n) is 8.39. The summed E-state index contributed by atoms with van der Waals surface area (Å²) >= 11 is 0.895. The Balaban J connectivity index is 3.32. The molecule has 0 aliphatic heterocycles. The first-order valence-corrected chi connectivity index (χ1v) is 6.83. The molecule has 0 aliphatic rings. The van der Waals surface area contributed by atoms with Gasteiger partial charge in [0.1, 0.15) is 0 Å². The maximum atomic E-state index is 2.41. The topological polar surface area (TPSA) is 0 Å². The Kier molecular flexibility index (Phi) is 7.52. The van der Waals surface area contributed by atoms with Crippen molar-refractivity contribution < 1.29 is 0 Å². The Labute approximate surface area is 78.3 Å². The molecule has 1 heteroatoms. The monoisotopic (exact) mass is 222 g/mol. The summed E-state index contributed by atoms with van der Waals surface area (Å²) in [6.07, 6.45) is 5.60. The van der Waals surface area contributed by atoms with E-state index in [9.17, 15) is 0 Å². The van der Waals surface area contributed by atoms with Gasteiger partial charge in [-0.05, 0) is 0 Å². The van der Waals surface area contributed by atoms with Gasteiger partial charge < -0.3 is 0 Å². The fourth-order valence-corrected chi connectivity index (χ4v) is 4.57. The fourth-order valence-electron chi connectivity index (χ4n) is 1.35. The first kappa shape index (κ1) is 11.5. The number of hydrogen-bond donors (Lipinski definition) is 0. The van der Waals surface area contributed by atoms with Gasteiger partial charge in [0.15, 0.2) is 0 Å². The van der Waals surface area contributed by atoms with Gasteiger partial charge in [-0.3, -0.25) is 0 Å². The molecule has 0 saturated carbocycles. The number of rotatable bonds is 6. The molecular formula is C10H22Se. The first-order chi connectivity index (χ1) is 5.20. The van der Waals surface area contributed by atoms with Crippen LogP contribution in [0.1, 0.15) is 53.4 Å². The quantitative estimate of drug-likeness (QED) is 0.596. The van der Waals surface area contributed by atoms with E-state index in [1.807, 2.05) is 0 Å². The third-order valence-corrected chi connectivity index (χ3v) is 4.79. The van der Waals surface area contributed by atoms with E-state index in [0.29, 0.717) is 0 Å². The molecule has 0 amide bonds. The molecule has 2 atom stereocenters. The van der Waals surface area contributed by atoms with Crippen LogP contribution in [0.3, 0.4) is 0 Å².